The molecule has 0 atom stereocenters. The fraction of sp³-hybridized carbons (Fsp3) is 0. The van der Waals surface area contributed by atoms with E-state index in [-0.39, 0.29) is 11.4 Å². The molecule has 2 aromatic rings. The van der Waals surface area contributed by atoms with Gasteiger partial charge in [0, 0.05) is 10.2 Å². The largest absolute Gasteiger partial charge is 0.321 e. The maximum atomic E-state index is 12.8. The quantitative estimate of drug-likeness (QED) is 0.672. The van der Waals surface area contributed by atoms with Gasteiger partial charge in [0.05, 0.1) is 0 Å². The standard InChI is InChI=1S/C16H10BrFN2O/c17-13-3-1-11(2-4-13)9-12(10-19)16(21)20-15-7-5-14(18)6-8-15/h1-9H,(H,20,21). The van der Waals surface area contributed by atoms with E-state index < -0.39 is 5.91 Å². The highest BCUT2D eigenvalue weighted by Gasteiger charge is 2.09. The van der Waals surface area contributed by atoms with Crippen molar-refractivity contribution in [2.24, 2.45) is 0 Å². The van der Waals surface area contributed by atoms with Crippen molar-refractivity contribution in [3.05, 3.63) is 70.0 Å². The highest BCUT2D eigenvalue weighted by Crippen LogP contribution is 2.14. The first-order valence-corrected chi connectivity index (χ1v) is 6.82. The van der Waals surface area contributed by atoms with E-state index >= 15 is 0 Å². The van der Waals surface area contributed by atoms with Gasteiger partial charge in [-0.25, -0.2) is 4.39 Å². The van der Waals surface area contributed by atoms with Crippen LogP contribution in [-0.4, -0.2) is 5.91 Å². The molecule has 0 spiro atoms. The molecule has 0 aliphatic carbocycles. The zero-order valence-corrected chi connectivity index (χ0v) is 12.4. The molecule has 104 valence electrons. The highest BCUT2D eigenvalue weighted by molar-refractivity contribution is 9.10. The summed E-state index contributed by atoms with van der Waals surface area (Å²) in [5.41, 5.74) is 1.14. The van der Waals surface area contributed by atoms with E-state index in [2.05, 4.69) is 21.2 Å². The van der Waals surface area contributed by atoms with E-state index in [0.29, 0.717) is 5.69 Å². The number of hydrogen-bond acceptors (Lipinski definition) is 2. The van der Waals surface area contributed by atoms with Crippen molar-refractivity contribution in [2.45, 2.75) is 0 Å². The summed E-state index contributed by atoms with van der Waals surface area (Å²) in [7, 11) is 0. The summed E-state index contributed by atoms with van der Waals surface area (Å²) < 4.78 is 13.7. The summed E-state index contributed by atoms with van der Waals surface area (Å²) >= 11 is 3.31. The van der Waals surface area contributed by atoms with Crippen LogP contribution < -0.4 is 5.32 Å². The molecule has 2 rings (SSSR count). The molecule has 1 N–H and O–H groups in total. The van der Waals surface area contributed by atoms with Crippen LogP contribution in [0.1, 0.15) is 5.56 Å². The van der Waals surface area contributed by atoms with E-state index in [1.165, 1.54) is 30.3 Å². The Bertz CT molecular complexity index is 715. The molecule has 1 amide bonds. The molecule has 0 aromatic heterocycles. The van der Waals surface area contributed by atoms with Gasteiger partial charge in [-0.2, -0.15) is 5.26 Å². The molecule has 0 unspecified atom stereocenters. The first-order chi connectivity index (χ1) is 10.1. The second kappa shape index (κ2) is 6.82. The second-order valence-corrected chi connectivity index (χ2v) is 5.10. The lowest BCUT2D eigenvalue weighted by atomic mass is 10.1. The molecule has 0 saturated heterocycles. The minimum atomic E-state index is -0.535. The van der Waals surface area contributed by atoms with E-state index in [4.69, 9.17) is 5.26 Å². The monoisotopic (exact) mass is 344 g/mol. The molecule has 0 radical (unpaired) electrons. The topological polar surface area (TPSA) is 52.9 Å². The van der Waals surface area contributed by atoms with Crippen molar-refractivity contribution in [1.29, 1.82) is 5.26 Å². The van der Waals surface area contributed by atoms with Crippen molar-refractivity contribution in [3.8, 4) is 6.07 Å². The van der Waals surface area contributed by atoms with Crippen LogP contribution in [0.2, 0.25) is 0 Å². The number of nitrogens with zero attached hydrogens (tertiary/aromatic N) is 1. The molecular formula is C16H10BrFN2O. The SMILES string of the molecule is N#CC(=Cc1ccc(Br)cc1)C(=O)Nc1ccc(F)cc1. The van der Waals surface area contributed by atoms with Gasteiger partial charge in [0.2, 0.25) is 0 Å². The van der Waals surface area contributed by atoms with Crippen LogP contribution in [0.3, 0.4) is 0 Å². The molecule has 0 saturated carbocycles. The molecular weight excluding hydrogens is 335 g/mol. The van der Waals surface area contributed by atoms with Gasteiger partial charge in [0.1, 0.15) is 17.5 Å². The Kier molecular flexibility index (Phi) is 4.85. The van der Waals surface area contributed by atoms with Crippen LogP contribution in [0.15, 0.2) is 58.6 Å². The van der Waals surface area contributed by atoms with Gasteiger partial charge in [-0.3, -0.25) is 4.79 Å². The first kappa shape index (κ1) is 14.9. The van der Waals surface area contributed by atoms with Gasteiger partial charge in [0.25, 0.3) is 5.91 Å². The number of amides is 1. The molecule has 21 heavy (non-hydrogen) atoms. The number of anilines is 1. The van der Waals surface area contributed by atoms with E-state index in [1.807, 2.05) is 18.2 Å². The fourth-order valence-electron chi connectivity index (χ4n) is 1.61. The molecule has 5 heteroatoms. The zero-order valence-electron chi connectivity index (χ0n) is 10.8. The molecule has 0 fully saturated rings. The maximum Gasteiger partial charge on any atom is 0.266 e. The summed E-state index contributed by atoms with van der Waals surface area (Å²) in [5.74, 6) is -0.925. The normalized spacial score (nSPS) is 10.8. The van der Waals surface area contributed by atoms with Crippen LogP contribution in [0.5, 0.6) is 0 Å². The minimum Gasteiger partial charge on any atom is -0.321 e. The lowest BCUT2D eigenvalue weighted by molar-refractivity contribution is -0.112. The third-order valence-electron chi connectivity index (χ3n) is 2.65. The van der Waals surface area contributed by atoms with Crippen LogP contribution in [0.4, 0.5) is 10.1 Å². The van der Waals surface area contributed by atoms with Gasteiger partial charge in [-0.15, -0.1) is 0 Å². The fourth-order valence-corrected chi connectivity index (χ4v) is 1.87. The second-order valence-electron chi connectivity index (χ2n) is 4.18. The highest BCUT2D eigenvalue weighted by atomic mass is 79.9. The molecule has 0 bridgehead atoms. The third kappa shape index (κ3) is 4.26. The lowest BCUT2D eigenvalue weighted by Crippen LogP contribution is -2.13. The van der Waals surface area contributed by atoms with Crippen LogP contribution in [-0.2, 0) is 4.79 Å². The Morgan fingerprint density at radius 3 is 2.33 bits per heavy atom. The van der Waals surface area contributed by atoms with Gasteiger partial charge in [-0.1, -0.05) is 28.1 Å². The van der Waals surface area contributed by atoms with Crippen molar-refractivity contribution < 1.29 is 9.18 Å². The van der Waals surface area contributed by atoms with Gasteiger partial charge in [0.15, 0.2) is 0 Å². The Morgan fingerprint density at radius 1 is 1.14 bits per heavy atom. The number of carbonyl (C=O) groups is 1. The van der Waals surface area contributed by atoms with Crippen LogP contribution >= 0.6 is 15.9 Å². The van der Waals surface area contributed by atoms with Crippen LogP contribution in [0, 0.1) is 17.1 Å². The molecule has 0 heterocycles. The van der Waals surface area contributed by atoms with Crippen molar-refractivity contribution in [2.75, 3.05) is 5.32 Å². The van der Waals surface area contributed by atoms with Crippen molar-refractivity contribution in [3.63, 3.8) is 0 Å². The lowest BCUT2D eigenvalue weighted by Gasteiger charge is -2.04. The first-order valence-electron chi connectivity index (χ1n) is 6.03. The van der Waals surface area contributed by atoms with Crippen molar-refractivity contribution >= 4 is 33.6 Å². The molecule has 0 aliphatic heterocycles. The summed E-state index contributed by atoms with van der Waals surface area (Å²) in [6.07, 6.45) is 1.49. The number of nitriles is 1. The number of carbonyl (C=O) groups excluding carboxylic acids is 1. The zero-order chi connectivity index (χ0) is 15.2. The number of nitrogens with one attached hydrogen (secondary N) is 1. The molecule has 3 nitrogen and oxygen atoms in total. The third-order valence-corrected chi connectivity index (χ3v) is 3.18. The summed E-state index contributed by atoms with van der Waals surface area (Å²) in [5, 5.41) is 11.6. The van der Waals surface area contributed by atoms with E-state index in [9.17, 15) is 9.18 Å². The minimum absolute atomic E-state index is 0.0263. The summed E-state index contributed by atoms with van der Waals surface area (Å²) in [6.45, 7) is 0. The number of benzene rings is 2. The van der Waals surface area contributed by atoms with Gasteiger partial charge in [-0.05, 0) is 48.0 Å². The summed E-state index contributed by atoms with van der Waals surface area (Å²) in [6, 6.07) is 14.4. The predicted molar refractivity (Wildman–Crippen MR) is 82.8 cm³/mol. The Morgan fingerprint density at radius 2 is 1.76 bits per heavy atom. The number of halogens is 2. The molecule has 2 aromatic carbocycles. The van der Waals surface area contributed by atoms with Gasteiger partial charge >= 0.3 is 0 Å². The average Bonchev–Trinajstić information content (AvgIpc) is 2.49. The average molecular weight is 345 g/mol. The Balaban J connectivity index is 2.17. The van der Waals surface area contributed by atoms with Crippen LogP contribution in [0.25, 0.3) is 6.08 Å². The smallest absolute Gasteiger partial charge is 0.266 e. The van der Waals surface area contributed by atoms with Gasteiger partial charge < -0.3 is 5.32 Å². The molecule has 0 aliphatic rings. The Labute approximate surface area is 129 Å². The predicted octanol–water partition coefficient (Wildman–Crippen LogP) is 4.13. The summed E-state index contributed by atoms with van der Waals surface area (Å²) in [4.78, 5) is 12.0. The van der Waals surface area contributed by atoms with E-state index in [1.54, 1.807) is 12.1 Å². The number of hydrogen-bond donors (Lipinski definition) is 1. The number of rotatable bonds is 3. The van der Waals surface area contributed by atoms with E-state index in [0.717, 1.165) is 10.0 Å². The van der Waals surface area contributed by atoms with Crippen molar-refractivity contribution in [1.82, 2.24) is 0 Å². The Hall–Kier alpha value is -2.45. The maximum absolute atomic E-state index is 12.8.